The van der Waals surface area contributed by atoms with Crippen LogP contribution in [0.25, 0.3) is 0 Å². The van der Waals surface area contributed by atoms with Crippen LogP contribution in [0.2, 0.25) is 0 Å². The number of primary amides is 1. The third-order valence-corrected chi connectivity index (χ3v) is 3.09. The van der Waals surface area contributed by atoms with Crippen LogP contribution in [-0.4, -0.2) is 55.4 Å². The average Bonchev–Trinajstić information content (AvgIpc) is 2.38. The summed E-state index contributed by atoms with van der Waals surface area (Å²) in [5, 5.41) is 2.70. The Bertz CT molecular complexity index is 366. The van der Waals surface area contributed by atoms with Gasteiger partial charge in [-0.25, -0.2) is 0 Å². The number of carbonyl (C=O) groups is 2. The highest BCUT2D eigenvalue weighted by Crippen LogP contribution is 2.05. The van der Waals surface area contributed by atoms with E-state index < -0.39 is 11.9 Å². The fourth-order valence-electron chi connectivity index (χ4n) is 1.95. The van der Waals surface area contributed by atoms with Gasteiger partial charge in [0.05, 0.1) is 6.04 Å². The molecule has 0 fully saturated rings. The third kappa shape index (κ3) is 8.13. The topological polar surface area (TPSA) is 140 Å². The fraction of sp³-hybridized carbons (Fsp3) is 0.769. The molecule has 2 atom stereocenters. The summed E-state index contributed by atoms with van der Waals surface area (Å²) in [4.78, 5) is 29.3. The molecule has 2 amide bonds. The molecule has 0 bridgehead atoms. The second-order valence-electron chi connectivity index (χ2n) is 5.18. The molecule has 0 heterocycles. The number of carbonyl (C=O) groups excluding carboxylic acids is 2. The first kappa shape index (κ1) is 19.2. The standard InChI is InChI=1S/C13H28N6O2/c1-4-6-10(19(2)3)12(21)18-9(11(14)20)7-5-8-17-13(15)16/h9-10H,4-8H2,1-3H3,(H2,14,20)(H,18,21)(H4,15,16,17)/t9-,10+/m1/s1. The lowest BCUT2D eigenvalue weighted by Crippen LogP contribution is -2.51. The molecule has 0 aromatic rings. The van der Waals surface area contributed by atoms with Crippen molar-refractivity contribution < 1.29 is 9.59 Å². The summed E-state index contributed by atoms with van der Waals surface area (Å²) in [6.45, 7) is 2.40. The fourth-order valence-corrected chi connectivity index (χ4v) is 1.95. The largest absolute Gasteiger partial charge is 0.370 e. The van der Waals surface area contributed by atoms with Crippen molar-refractivity contribution in [3.8, 4) is 0 Å². The molecule has 0 aromatic carbocycles. The van der Waals surface area contributed by atoms with E-state index in [0.717, 1.165) is 12.8 Å². The minimum Gasteiger partial charge on any atom is -0.370 e. The Morgan fingerprint density at radius 1 is 1.19 bits per heavy atom. The Balaban J connectivity index is 4.51. The maximum Gasteiger partial charge on any atom is 0.240 e. The minimum atomic E-state index is -0.703. The number of amides is 2. The van der Waals surface area contributed by atoms with Crippen molar-refractivity contribution >= 4 is 17.8 Å². The molecular formula is C13H28N6O2. The zero-order valence-corrected chi connectivity index (χ0v) is 13.1. The van der Waals surface area contributed by atoms with Gasteiger partial charge in [0.15, 0.2) is 5.96 Å². The number of nitrogens with zero attached hydrogens (tertiary/aromatic N) is 2. The SMILES string of the molecule is CCC[C@@H](C(=O)N[C@H](CCCN=C(N)N)C(N)=O)N(C)C. The molecule has 0 aliphatic rings. The maximum atomic E-state index is 12.2. The van der Waals surface area contributed by atoms with Crippen LogP contribution in [0, 0.1) is 0 Å². The normalized spacial score (nSPS) is 13.5. The van der Waals surface area contributed by atoms with Crippen LogP contribution in [0.4, 0.5) is 0 Å². The second-order valence-corrected chi connectivity index (χ2v) is 5.18. The molecule has 0 spiro atoms. The van der Waals surface area contributed by atoms with E-state index in [9.17, 15) is 9.59 Å². The van der Waals surface area contributed by atoms with E-state index in [0.29, 0.717) is 19.4 Å². The molecule has 7 N–H and O–H groups in total. The van der Waals surface area contributed by atoms with Crippen molar-refractivity contribution in [3.05, 3.63) is 0 Å². The van der Waals surface area contributed by atoms with E-state index in [1.54, 1.807) is 0 Å². The van der Waals surface area contributed by atoms with Crippen molar-refractivity contribution in [2.24, 2.45) is 22.2 Å². The first-order chi connectivity index (χ1) is 9.79. The van der Waals surface area contributed by atoms with Crippen molar-refractivity contribution in [3.63, 3.8) is 0 Å². The second kappa shape index (κ2) is 9.98. The highest BCUT2D eigenvalue weighted by Gasteiger charge is 2.24. The predicted octanol–water partition coefficient (Wildman–Crippen LogP) is -1.26. The van der Waals surface area contributed by atoms with Crippen molar-refractivity contribution in [1.82, 2.24) is 10.2 Å². The van der Waals surface area contributed by atoms with Gasteiger partial charge in [-0.05, 0) is 33.4 Å². The van der Waals surface area contributed by atoms with Gasteiger partial charge in [0.25, 0.3) is 0 Å². The van der Waals surface area contributed by atoms with Crippen molar-refractivity contribution in [2.75, 3.05) is 20.6 Å². The lowest BCUT2D eigenvalue weighted by atomic mass is 10.1. The van der Waals surface area contributed by atoms with Crippen LogP contribution >= 0.6 is 0 Å². The van der Waals surface area contributed by atoms with E-state index in [-0.39, 0.29) is 17.9 Å². The van der Waals surface area contributed by atoms with Crippen LogP contribution in [0.15, 0.2) is 4.99 Å². The van der Waals surface area contributed by atoms with Gasteiger partial charge in [-0.1, -0.05) is 13.3 Å². The van der Waals surface area contributed by atoms with Crippen LogP contribution < -0.4 is 22.5 Å². The molecule has 0 aliphatic heterocycles. The molecule has 122 valence electrons. The van der Waals surface area contributed by atoms with Crippen LogP contribution in [0.5, 0.6) is 0 Å². The highest BCUT2D eigenvalue weighted by molar-refractivity contribution is 5.88. The van der Waals surface area contributed by atoms with Gasteiger partial charge in [-0.3, -0.25) is 19.5 Å². The van der Waals surface area contributed by atoms with Gasteiger partial charge < -0.3 is 22.5 Å². The van der Waals surface area contributed by atoms with E-state index in [1.807, 2.05) is 25.9 Å². The number of guanidine groups is 1. The molecule has 0 saturated heterocycles. The van der Waals surface area contributed by atoms with Gasteiger partial charge in [0.2, 0.25) is 11.8 Å². The monoisotopic (exact) mass is 300 g/mol. The number of aliphatic imine (C=N–C) groups is 1. The quantitative estimate of drug-likeness (QED) is 0.226. The smallest absolute Gasteiger partial charge is 0.240 e. The summed E-state index contributed by atoms with van der Waals surface area (Å²) < 4.78 is 0. The van der Waals surface area contributed by atoms with Crippen molar-refractivity contribution in [1.29, 1.82) is 0 Å². The molecule has 0 aliphatic carbocycles. The van der Waals surface area contributed by atoms with Crippen LogP contribution in [0.3, 0.4) is 0 Å². The zero-order valence-electron chi connectivity index (χ0n) is 13.1. The summed E-state index contributed by atoms with van der Waals surface area (Å²) >= 11 is 0. The number of nitrogens with one attached hydrogen (secondary N) is 1. The van der Waals surface area contributed by atoms with Crippen molar-refractivity contribution in [2.45, 2.75) is 44.7 Å². The predicted molar refractivity (Wildman–Crippen MR) is 83.4 cm³/mol. The summed E-state index contributed by atoms with van der Waals surface area (Å²) in [5.41, 5.74) is 15.8. The van der Waals surface area contributed by atoms with Gasteiger partial charge in [0.1, 0.15) is 6.04 Å². The molecule has 0 aromatic heterocycles. The summed E-state index contributed by atoms with van der Waals surface area (Å²) in [6, 6.07) is -0.972. The third-order valence-electron chi connectivity index (χ3n) is 3.09. The summed E-state index contributed by atoms with van der Waals surface area (Å²) in [7, 11) is 3.66. The molecule has 0 rings (SSSR count). The Hall–Kier alpha value is -1.83. The number of hydrogen-bond donors (Lipinski definition) is 4. The zero-order chi connectivity index (χ0) is 16.4. The van der Waals surface area contributed by atoms with E-state index in [4.69, 9.17) is 17.2 Å². The van der Waals surface area contributed by atoms with Gasteiger partial charge in [-0.15, -0.1) is 0 Å². The van der Waals surface area contributed by atoms with E-state index in [2.05, 4.69) is 10.3 Å². The summed E-state index contributed by atoms with van der Waals surface area (Å²) in [5.74, 6) is -0.736. The number of likely N-dealkylation sites (N-methyl/N-ethyl adjacent to an activating group) is 1. The first-order valence-electron chi connectivity index (χ1n) is 7.11. The minimum absolute atomic E-state index is 0.00489. The van der Waals surface area contributed by atoms with Gasteiger partial charge in [-0.2, -0.15) is 0 Å². The number of hydrogen-bond acceptors (Lipinski definition) is 4. The van der Waals surface area contributed by atoms with Crippen LogP contribution in [-0.2, 0) is 9.59 Å². The molecule has 8 nitrogen and oxygen atoms in total. The van der Waals surface area contributed by atoms with Gasteiger partial charge >= 0.3 is 0 Å². The lowest BCUT2D eigenvalue weighted by Gasteiger charge is -2.25. The van der Waals surface area contributed by atoms with E-state index >= 15 is 0 Å². The molecular weight excluding hydrogens is 272 g/mol. The molecule has 8 heteroatoms. The molecule has 0 radical (unpaired) electrons. The Morgan fingerprint density at radius 3 is 2.24 bits per heavy atom. The van der Waals surface area contributed by atoms with E-state index in [1.165, 1.54) is 0 Å². The Kier molecular flexibility index (Phi) is 9.11. The average molecular weight is 300 g/mol. The van der Waals surface area contributed by atoms with Crippen LogP contribution in [0.1, 0.15) is 32.6 Å². The molecule has 0 saturated carbocycles. The maximum absolute atomic E-state index is 12.2. The molecule has 0 unspecified atom stereocenters. The summed E-state index contributed by atoms with van der Waals surface area (Å²) in [6.07, 6.45) is 2.57. The first-order valence-corrected chi connectivity index (χ1v) is 7.11. The lowest BCUT2D eigenvalue weighted by molar-refractivity contribution is -0.130. The Labute approximate surface area is 126 Å². The Morgan fingerprint density at radius 2 is 1.81 bits per heavy atom. The number of nitrogens with two attached hydrogens (primary N) is 3. The number of rotatable bonds is 10. The van der Waals surface area contributed by atoms with Gasteiger partial charge in [0, 0.05) is 6.54 Å². The highest BCUT2D eigenvalue weighted by atomic mass is 16.2. The molecule has 21 heavy (non-hydrogen) atoms.